The van der Waals surface area contributed by atoms with Gasteiger partial charge in [-0.3, -0.25) is 9.59 Å². The number of hydrogen-bond donors (Lipinski definition) is 3. The van der Waals surface area contributed by atoms with Crippen LogP contribution in [0.3, 0.4) is 0 Å². The number of benzene rings is 2. The van der Waals surface area contributed by atoms with Crippen LogP contribution in [0.5, 0.6) is 17.2 Å². The molecular formula is C19H21BrN2O5. The molecule has 0 heterocycles. The summed E-state index contributed by atoms with van der Waals surface area (Å²) in [6, 6.07) is 9.34. The summed E-state index contributed by atoms with van der Waals surface area (Å²) in [6.45, 7) is 0.779. The Bertz CT molecular complexity index is 800. The summed E-state index contributed by atoms with van der Waals surface area (Å²) in [5.41, 5.74) is 0.795. The summed E-state index contributed by atoms with van der Waals surface area (Å²) in [5.74, 6) is 0.490. The number of amides is 2. The first kappa shape index (κ1) is 20.6. The molecule has 2 rings (SSSR count). The van der Waals surface area contributed by atoms with Crippen LogP contribution in [0.15, 0.2) is 40.9 Å². The minimum absolute atomic E-state index is 0.0373. The third-order valence-corrected chi connectivity index (χ3v) is 4.52. The van der Waals surface area contributed by atoms with Gasteiger partial charge in [0.25, 0.3) is 11.8 Å². The van der Waals surface area contributed by atoms with Gasteiger partial charge in [0.05, 0.1) is 14.2 Å². The largest absolute Gasteiger partial charge is 0.508 e. The van der Waals surface area contributed by atoms with Crippen molar-refractivity contribution >= 4 is 27.7 Å². The highest BCUT2D eigenvalue weighted by Gasteiger charge is 2.14. The third kappa shape index (κ3) is 5.62. The fourth-order valence-corrected chi connectivity index (χ4v) is 2.90. The van der Waals surface area contributed by atoms with Gasteiger partial charge in [0.1, 0.15) is 21.7 Å². The number of carbonyl (C=O) groups is 2. The summed E-state index contributed by atoms with van der Waals surface area (Å²) < 4.78 is 11.1. The quantitative estimate of drug-likeness (QED) is 0.552. The van der Waals surface area contributed by atoms with Crippen molar-refractivity contribution in [3.05, 3.63) is 52.0 Å². The van der Waals surface area contributed by atoms with Crippen LogP contribution in [0.2, 0.25) is 0 Å². The predicted octanol–water partition coefficient (Wildman–Crippen LogP) is 2.72. The second kappa shape index (κ2) is 9.82. The van der Waals surface area contributed by atoms with Gasteiger partial charge in [-0.15, -0.1) is 0 Å². The lowest BCUT2D eigenvalue weighted by molar-refractivity contribution is 0.0951. The van der Waals surface area contributed by atoms with E-state index in [9.17, 15) is 14.7 Å². The molecule has 3 N–H and O–H groups in total. The molecule has 0 spiro atoms. The number of nitrogens with one attached hydrogen (secondary N) is 2. The number of halogens is 1. The summed E-state index contributed by atoms with van der Waals surface area (Å²) in [4.78, 5) is 24.2. The Morgan fingerprint density at radius 3 is 2.04 bits per heavy atom. The SMILES string of the molecule is COc1cc(C(=O)NCCCNC(=O)c2cccc(O)c2)cc(OC)c1Br. The first-order valence-electron chi connectivity index (χ1n) is 8.23. The number of phenolic OH excluding ortho intramolecular Hbond substituents is 1. The first-order chi connectivity index (χ1) is 13.0. The van der Waals surface area contributed by atoms with Crippen molar-refractivity contribution in [3.63, 3.8) is 0 Å². The Balaban J connectivity index is 1.82. The highest BCUT2D eigenvalue weighted by atomic mass is 79.9. The van der Waals surface area contributed by atoms with Crippen LogP contribution in [-0.2, 0) is 0 Å². The molecule has 144 valence electrons. The number of methoxy groups -OCH3 is 2. The van der Waals surface area contributed by atoms with Crippen molar-refractivity contribution in [2.75, 3.05) is 27.3 Å². The molecule has 0 aliphatic heterocycles. The van der Waals surface area contributed by atoms with E-state index in [1.165, 1.54) is 26.4 Å². The van der Waals surface area contributed by atoms with Crippen molar-refractivity contribution < 1.29 is 24.2 Å². The molecule has 0 fully saturated rings. The molecule has 0 atom stereocenters. The van der Waals surface area contributed by atoms with E-state index in [2.05, 4.69) is 26.6 Å². The maximum atomic E-state index is 12.3. The zero-order valence-electron chi connectivity index (χ0n) is 15.0. The van der Waals surface area contributed by atoms with Crippen molar-refractivity contribution in [1.82, 2.24) is 10.6 Å². The number of rotatable bonds is 8. The Hall–Kier alpha value is -2.74. The summed E-state index contributed by atoms with van der Waals surface area (Å²) >= 11 is 3.36. The molecule has 0 aliphatic rings. The molecule has 0 bridgehead atoms. The van der Waals surface area contributed by atoms with Gasteiger partial charge in [-0.2, -0.15) is 0 Å². The van der Waals surface area contributed by atoms with E-state index < -0.39 is 0 Å². The van der Waals surface area contributed by atoms with Gasteiger partial charge in [-0.05, 0) is 52.7 Å². The predicted molar refractivity (Wildman–Crippen MR) is 105 cm³/mol. The van der Waals surface area contributed by atoms with E-state index >= 15 is 0 Å². The molecule has 0 saturated carbocycles. The van der Waals surface area contributed by atoms with Gasteiger partial charge < -0.3 is 25.2 Å². The van der Waals surface area contributed by atoms with Crippen molar-refractivity contribution in [2.45, 2.75) is 6.42 Å². The van der Waals surface area contributed by atoms with E-state index in [0.717, 1.165) is 0 Å². The van der Waals surface area contributed by atoms with Crippen molar-refractivity contribution in [2.24, 2.45) is 0 Å². The maximum absolute atomic E-state index is 12.3. The number of phenols is 1. The van der Waals surface area contributed by atoms with Crippen LogP contribution in [0, 0.1) is 0 Å². The normalized spacial score (nSPS) is 10.2. The highest BCUT2D eigenvalue weighted by Crippen LogP contribution is 2.35. The van der Waals surface area contributed by atoms with E-state index in [1.54, 1.807) is 24.3 Å². The molecule has 0 aromatic heterocycles. The summed E-state index contributed by atoms with van der Waals surface area (Å²) in [6.07, 6.45) is 0.557. The first-order valence-corrected chi connectivity index (χ1v) is 9.02. The molecule has 2 amide bonds. The van der Waals surface area contributed by atoms with Crippen LogP contribution in [0.4, 0.5) is 0 Å². The minimum atomic E-state index is -0.278. The van der Waals surface area contributed by atoms with E-state index in [-0.39, 0.29) is 17.6 Å². The van der Waals surface area contributed by atoms with Crippen LogP contribution >= 0.6 is 15.9 Å². The average molecular weight is 437 g/mol. The van der Waals surface area contributed by atoms with Crippen LogP contribution in [-0.4, -0.2) is 44.2 Å². The van der Waals surface area contributed by atoms with Gasteiger partial charge in [0, 0.05) is 24.2 Å². The Morgan fingerprint density at radius 1 is 0.963 bits per heavy atom. The van der Waals surface area contributed by atoms with Crippen LogP contribution in [0.1, 0.15) is 27.1 Å². The lowest BCUT2D eigenvalue weighted by Crippen LogP contribution is -2.29. The molecular weight excluding hydrogens is 416 g/mol. The van der Waals surface area contributed by atoms with Crippen molar-refractivity contribution in [3.8, 4) is 17.2 Å². The third-order valence-electron chi connectivity index (χ3n) is 3.74. The second-order valence-corrected chi connectivity index (χ2v) is 6.40. The smallest absolute Gasteiger partial charge is 0.251 e. The van der Waals surface area contributed by atoms with Gasteiger partial charge >= 0.3 is 0 Å². The van der Waals surface area contributed by atoms with E-state index in [4.69, 9.17) is 9.47 Å². The van der Waals surface area contributed by atoms with Crippen molar-refractivity contribution in [1.29, 1.82) is 0 Å². The second-order valence-electron chi connectivity index (χ2n) is 5.61. The summed E-state index contributed by atoms with van der Waals surface area (Å²) in [5, 5.41) is 14.9. The molecule has 8 heteroatoms. The van der Waals surface area contributed by atoms with Gasteiger partial charge in [-0.25, -0.2) is 0 Å². The number of hydrogen-bond acceptors (Lipinski definition) is 5. The summed E-state index contributed by atoms with van der Waals surface area (Å²) in [7, 11) is 3.02. The minimum Gasteiger partial charge on any atom is -0.508 e. The molecule has 2 aromatic rings. The monoisotopic (exact) mass is 436 g/mol. The van der Waals surface area contributed by atoms with Gasteiger partial charge in [0.15, 0.2) is 0 Å². The Kier molecular flexibility index (Phi) is 7.48. The van der Waals surface area contributed by atoms with E-state index in [0.29, 0.717) is 46.6 Å². The lowest BCUT2D eigenvalue weighted by atomic mass is 10.2. The number of ether oxygens (including phenoxy) is 2. The number of carbonyl (C=O) groups excluding carboxylic acids is 2. The standard InChI is InChI=1S/C19H21BrN2O5/c1-26-15-10-13(11-16(27-2)17(15)20)19(25)22-8-4-7-21-18(24)12-5-3-6-14(23)9-12/h3,5-6,9-11,23H,4,7-8H2,1-2H3,(H,21,24)(H,22,25). The molecule has 27 heavy (non-hydrogen) atoms. The molecule has 0 aliphatic carbocycles. The topological polar surface area (TPSA) is 96.9 Å². The highest BCUT2D eigenvalue weighted by molar-refractivity contribution is 9.10. The maximum Gasteiger partial charge on any atom is 0.251 e. The molecule has 0 radical (unpaired) electrons. The van der Waals surface area contributed by atoms with E-state index in [1.807, 2.05) is 0 Å². The Morgan fingerprint density at radius 2 is 1.52 bits per heavy atom. The number of aromatic hydroxyl groups is 1. The zero-order chi connectivity index (χ0) is 19.8. The van der Waals surface area contributed by atoms with Gasteiger partial charge in [-0.1, -0.05) is 6.07 Å². The Labute approximate surface area is 165 Å². The zero-order valence-corrected chi connectivity index (χ0v) is 16.6. The lowest BCUT2D eigenvalue weighted by Gasteiger charge is -2.12. The molecule has 0 saturated heterocycles. The fraction of sp³-hybridized carbons (Fsp3) is 0.263. The average Bonchev–Trinajstić information content (AvgIpc) is 2.67. The van der Waals surface area contributed by atoms with Crippen LogP contribution in [0.25, 0.3) is 0 Å². The fourth-order valence-electron chi connectivity index (χ4n) is 2.34. The molecule has 0 unspecified atom stereocenters. The molecule has 7 nitrogen and oxygen atoms in total. The van der Waals surface area contributed by atoms with Gasteiger partial charge in [0.2, 0.25) is 0 Å². The molecule has 2 aromatic carbocycles. The van der Waals surface area contributed by atoms with Crippen LogP contribution < -0.4 is 20.1 Å².